The number of methoxy groups -OCH3 is 1. The van der Waals surface area contributed by atoms with Crippen LogP contribution in [0.3, 0.4) is 0 Å². The summed E-state index contributed by atoms with van der Waals surface area (Å²) in [4.78, 5) is 37.5. The fourth-order valence-electron chi connectivity index (χ4n) is 3.21. The number of hydrogen-bond acceptors (Lipinski definition) is 6. The molecule has 28 heavy (non-hydrogen) atoms. The van der Waals surface area contributed by atoms with Crippen molar-refractivity contribution in [3.05, 3.63) is 39.0 Å². The molecule has 0 aliphatic rings. The normalized spacial score (nSPS) is 10.9. The molecule has 0 aliphatic carbocycles. The number of carbonyl (C=O) groups excluding carboxylic acids is 3. The Morgan fingerprint density at radius 3 is 2.32 bits per heavy atom. The summed E-state index contributed by atoms with van der Waals surface area (Å²) in [6.45, 7) is 11.0. The Hall–Kier alpha value is -2.61. The number of aryl methyl sites for hydroxylation is 2. The number of thiophene rings is 1. The van der Waals surface area contributed by atoms with Crippen LogP contribution < -0.4 is 5.32 Å². The van der Waals surface area contributed by atoms with E-state index in [4.69, 9.17) is 9.47 Å². The van der Waals surface area contributed by atoms with Crippen molar-refractivity contribution in [2.75, 3.05) is 19.0 Å². The van der Waals surface area contributed by atoms with Crippen LogP contribution in [-0.4, -0.2) is 36.1 Å². The molecular formula is C20H26N2O5S. The lowest BCUT2D eigenvalue weighted by molar-refractivity contribution is -0.119. The zero-order chi connectivity index (χ0) is 21.2. The van der Waals surface area contributed by atoms with Crippen LogP contribution in [0.2, 0.25) is 0 Å². The van der Waals surface area contributed by atoms with Crippen LogP contribution in [0.4, 0.5) is 5.00 Å². The molecule has 152 valence electrons. The Kier molecular flexibility index (Phi) is 6.66. The second-order valence-corrected chi connectivity index (χ2v) is 8.08. The molecule has 7 nitrogen and oxygen atoms in total. The number of aromatic nitrogens is 1. The molecule has 2 aromatic heterocycles. The van der Waals surface area contributed by atoms with Crippen molar-refractivity contribution in [1.29, 1.82) is 0 Å². The van der Waals surface area contributed by atoms with E-state index in [-0.39, 0.29) is 6.04 Å². The van der Waals surface area contributed by atoms with Gasteiger partial charge in [0.2, 0.25) is 0 Å². The van der Waals surface area contributed by atoms with Crippen LogP contribution >= 0.6 is 11.3 Å². The molecule has 0 atom stereocenters. The van der Waals surface area contributed by atoms with Gasteiger partial charge >= 0.3 is 11.9 Å². The first-order chi connectivity index (χ1) is 13.1. The van der Waals surface area contributed by atoms with Crippen LogP contribution in [0, 0.1) is 27.7 Å². The van der Waals surface area contributed by atoms with Gasteiger partial charge in [0.1, 0.15) is 5.00 Å². The number of ether oxygens (including phenoxy) is 2. The predicted octanol–water partition coefficient (Wildman–Crippen LogP) is 3.95. The molecule has 0 saturated heterocycles. The van der Waals surface area contributed by atoms with Gasteiger partial charge in [0.15, 0.2) is 6.61 Å². The summed E-state index contributed by atoms with van der Waals surface area (Å²) in [7, 11) is 1.29. The second-order valence-electron chi connectivity index (χ2n) is 6.85. The first kappa shape index (κ1) is 21.7. The van der Waals surface area contributed by atoms with E-state index in [0.29, 0.717) is 16.1 Å². The van der Waals surface area contributed by atoms with Crippen LogP contribution in [0.1, 0.15) is 62.4 Å². The fraction of sp³-hybridized carbons (Fsp3) is 0.450. The Morgan fingerprint density at radius 2 is 1.79 bits per heavy atom. The maximum atomic E-state index is 12.4. The highest BCUT2D eigenvalue weighted by atomic mass is 32.1. The first-order valence-electron chi connectivity index (χ1n) is 8.92. The quantitative estimate of drug-likeness (QED) is 0.734. The van der Waals surface area contributed by atoms with E-state index in [1.807, 2.05) is 39.2 Å². The summed E-state index contributed by atoms with van der Waals surface area (Å²) < 4.78 is 12.0. The molecule has 1 N–H and O–H groups in total. The van der Waals surface area contributed by atoms with Gasteiger partial charge in [-0.3, -0.25) is 4.79 Å². The van der Waals surface area contributed by atoms with Crippen molar-refractivity contribution in [2.24, 2.45) is 0 Å². The Morgan fingerprint density at radius 1 is 1.14 bits per heavy atom. The van der Waals surface area contributed by atoms with E-state index in [1.165, 1.54) is 18.4 Å². The molecule has 0 saturated carbocycles. The lowest BCUT2D eigenvalue weighted by Gasteiger charge is -2.13. The summed E-state index contributed by atoms with van der Waals surface area (Å²) in [5, 5.41) is 3.03. The minimum Gasteiger partial charge on any atom is -0.465 e. The van der Waals surface area contributed by atoms with Crippen LogP contribution in [-0.2, 0) is 14.3 Å². The van der Waals surface area contributed by atoms with Crippen molar-refractivity contribution in [3.8, 4) is 0 Å². The van der Waals surface area contributed by atoms with Crippen molar-refractivity contribution >= 4 is 34.2 Å². The Labute approximate surface area is 168 Å². The molecule has 0 spiro atoms. The number of nitrogens with zero attached hydrogens (tertiary/aromatic N) is 1. The van der Waals surface area contributed by atoms with E-state index >= 15 is 0 Å². The maximum Gasteiger partial charge on any atom is 0.341 e. The Balaban J connectivity index is 2.08. The van der Waals surface area contributed by atoms with Crippen LogP contribution in [0.25, 0.3) is 0 Å². The van der Waals surface area contributed by atoms with Gasteiger partial charge in [-0.15, -0.1) is 11.3 Å². The number of carbonyl (C=O) groups is 3. The highest BCUT2D eigenvalue weighted by Gasteiger charge is 2.23. The molecule has 0 bridgehead atoms. The topological polar surface area (TPSA) is 86.6 Å². The van der Waals surface area contributed by atoms with Gasteiger partial charge in [-0.2, -0.15) is 0 Å². The van der Waals surface area contributed by atoms with Gasteiger partial charge in [-0.05, 0) is 53.2 Å². The molecular weight excluding hydrogens is 380 g/mol. The second kappa shape index (κ2) is 8.60. The Bertz CT molecular complexity index is 924. The highest BCUT2D eigenvalue weighted by Crippen LogP contribution is 2.32. The average Bonchev–Trinajstić information content (AvgIpc) is 3.07. The number of esters is 2. The molecule has 2 rings (SSSR count). The average molecular weight is 407 g/mol. The fourth-order valence-corrected chi connectivity index (χ4v) is 4.28. The molecule has 0 aliphatic heterocycles. The molecule has 2 aromatic rings. The predicted molar refractivity (Wildman–Crippen MR) is 108 cm³/mol. The standard InChI is InChI=1S/C20H26N2O5S/c1-10(2)22-11(3)8-15(13(22)5)19(24)27-9-16(23)21-18-17(20(25)26-7)12(4)14(6)28-18/h8,10H,9H2,1-7H3,(H,21,23). The van der Waals surface area contributed by atoms with E-state index in [2.05, 4.69) is 5.32 Å². The third-order valence-corrected chi connectivity index (χ3v) is 5.71. The number of nitrogens with one attached hydrogen (secondary N) is 1. The van der Waals surface area contributed by atoms with E-state index in [1.54, 1.807) is 13.0 Å². The summed E-state index contributed by atoms with van der Waals surface area (Å²) in [5.74, 6) is -1.59. The van der Waals surface area contributed by atoms with Gasteiger partial charge in [-0.25, -0.2) is 9.59 Å². The van der Waals surface area contributed by atoms with Crippen molar-refractivity contribution in [3.63, 3.8) is 0 Å². The molecule has 1 amide bonds. The summed E-state index contributed by atoms with van der Waals surface area (Å²) >= 11 is 1.28. The van der Waals surface area contributed by atoms with Crippen molar-refractivity contribution in [2.45, 2.75) is 47.6 Å². The zero-order valence-electron chi connectivity index (χ0n) is 17.3. The third-order valence-electron chi connectivity index (χ3n) is 4.58. The molecule has 0 aromatic carbocycles. The SMILES string of the molecule is COC(=O)c1c(NC(=O)COC(=O)c2cc(C)n(C(C)C)c2C)sc(C)c1C. The van der Waals surface area contributed by atoms with Crippen LogP contribution in [0.5, 0.6) is 0 Å². The van der Waals surface area contributed by atoms with Crippen molar-refractivity contribution < 1.29 is 23.9 Å². The third kappa shape index (κ3) is 4.27. The van der Waals surface area contributed by atoms with Crippen molar-refractivity contribution in [1.82, 2.24) is 4.57 Å². The minimum atomic E-state index is -0.554. The van der Waals surface area contributed by atoms with E-state index in [0.717, 1.165) is 21.8 Å². The monoisotopic (exact) mass is 406 g/mol. The number of rotatable bonds is 6. The number of amides is 1. The number of anilines is 1. The van der Waals surface area contributed by atoms with Gasteiger partial charge in [0, 0.05) is 22.3 Å². The first-order valence-corrected chi connectivity index (χ1v) is 9.73. The van der Waals surface area contributed by atoms with E-state index in [9.17, 15) is 14.4 Å². The van der Waals surface area contributed by atoms with Gasteiger partial charge in [0.05, 0.1) is 18.2 Å². The molecule has 0 radical (unpaired) electrons. The zero-order valence-corrected chi connectivity index (χ0v) is 18.1. The largest absolute Gasteiger partial charge is 0.465 e. The highest BCUT2D eigenvalue weighted by molar-refractivity contribution is 7.16. The molecule has 2 heterocycles. The molecule has 0 fully saturated rings. The smallest absolute Gasteiger partial charge is 0.341 e. The maximum absolute atomic E-state index is 12.4. The lowest BCUT2D eigenvalue weighted by Crippen LogP contribution is -2.22. The van der Waals surface area contributed by atoms with Crippen LogP contribution in [0.15, 0.2) is 6.07 Å². The lowest BCUT2D eigenvalue weighted by atomic mass is 10.1. The molecule has 0 unspecified atom stereocenters. The number of hydrogen-bond donors (Lipinski definition) is 1. The minimum absolute atomic E-state index is 0.215. The molecule has 8 heteroatoms. The van der Waals surface area contributed by atoms with Gasteiger partial charge < -0.3 is 19.4 Å². The van der Waals surface area contributed by atoms with Gasteiger partial charge in [-0.1, -0.05) is 0 Å². The van der Waals surface area contributed by atoms with E-state index < -0.39 is 24.5 Å². The summed E-state index contributed by atoms with van der Waals surface area (Å²) in [6.07, 6.45) is 0. The summed E-state index contributed by atoms with van der Waals surface area (Å²) in [5.41, 5.74) is 3.28. The summed E-state index contributed by atoms with van der Waals surface area (Å²) in [6, 6.07) is 1.98. The van der Waals surface area contributed by atoms with Gasteiger partial charge in [0.25, 0.3) is 5.91 Å².